The van der Waals surface area contributed by atoms with Gasteiger partial charge in [0.25, 0.3) is 0 Å². The number of aliphatic hydroxyl groups is 1. The van der Waals surface area contributed by atoms with Gasteiger partial charge in [0.2, 0.25) is 0 Å². The summed E-state index contributed by atoms with van der Waals surface area (Å²) in [6.45, 7) is 6.57. The Morgan fingerprint density at radius 3 is 2.81 bits per heavy atom. The Morgan fingerprint density at radius 2 is 2.12 bits per heavy atom. The summed E-state index contributed by atoms with van der Waals surface area (Å²) in [5, 5.41) is 11.3. The highest BCUT2D eigenvalue weighted by Gasteiger charge is 2.64. The number of carbonyl (C=O) groups excluding carboxylic acids is 2. The normalized spacial score (nSPS) is 49.9. The highest BCUT2D eigenvalue weighted by molar-refractivity contribution is 6.28. The molecule has 0 bridgehead atoms. The number of hydrogen-bond acceptors (Lipinski definition) is 3. The Labute approximate surface area is 160 Å². The number of fused-ring (bicyclic) bond motifs is 5. The van der Waals surface area contributed by atoms with E-state index in [0.29, 0.717) is 24.2 Å². The lowest BCUT2D eigenvalue weighted by Gasteiger charge is -2.58. The van der Waals surface area contributed by atoms with Crippen molar-refractivity contribution in [1.29, 1.82) is 0 Å². The predicted molar refractivity (Wildman–Crippen MR) is 102 cm³/mol. The first-order valence-electron chi connectivity index (χ1n) is 9.93. The highest BCUT2D eigenvalue weighted by Crippen LogP contribution is 2.67. The van der Waals surface area contributed by atoms with Crippen LogP contribution in [0, 0.1) is 40.4 Å². The number of alkyl halides is 1. The first kappa shape index (κ1) is 18.4. The molecule has 0 spiro atoms. The molecule has 1 N–H and O–H groups in total. The molecule has 0 aromatic carbocycles. The largest absolute Gasteiger partial charge is 0.393 e. The van der Waals surface area contributed by atoms with E-state index < -0.39 is 6.10 Å². The van der Waals surface area contributed by atoms with Gasteiger partial charge < -0.3 is 5.11 Å². The van der Waals surface area contributed by atoms with Crippen molar-refractivity contribution in [2.75, 3.05) is 5.88 Å². The summed E-state index contributed by atoms with van der Waals surface area (Å²) in [7, 11) is 0. The second-order valence-corrected chi connectivity index (χ2v) is 9.86. The summed E-state index contributed by atoms with van der Waals surface area (Å²) >= 11 is 5.93. The number of halogens is 1. The maximum absolute atomic E-state index is 12.6. The van der Waals surface area contributed by atoms with Crippen LogP contribution in [0.5, 0.6) is 0 Å². The van der Waals surface area contributed by atoms with Crippen LogP contribution in [0.25, 0.3) is 0 Å². The smallest absolute Gasteiger partial charge is 0.178 e. The summed E-state index contributed by atoms with van der Waals surface area (Å²) in [6.07, 6.45) is 8.64. The van der Waals surface area contributed by atoms with Gasteiger partial charge >= 0.3 is 0 Å². The van der Waals surface area contributed by atoms with Crippen molar-refractivity contribution in [2.45, 2.75) is 52.6 Å². The zero-order chi connectivity index (χ0) is 18.9. The molecule has 8 atom stereocenters. The van der Waals surface area contributed by atoms with E-state index in [-0.39, 0.29) is 40.1 Å². The number of aliphatic hydroxyl groups excluding tert-OH is 1. The SMILES string of the molecule is C[C@@H]1CC2C3CCC4=CC(=O)C=C[C@]4(C)C3[C@H](O)C[C@]2(C)C1C(=O)CCl. The lowest BCUT2D eigenvalue weighted by atomic mass is 9.46. The third-order valence-electron chi connectivity index (χ3n) is 8.31. The molecule has 0 aliphatic heterocycles. The summed E-state index contributed by atoms with van der Waals surface area (Å²) in [5.74, 6) is 1.49. The quantitative estimate of drug-likeness (QED) is 0.743. The van der Waals surface area contributed by atoms with E-state index in [2.05, 4.69) is 20.8 Å². The molecule has 3 saturated carbocycles. The molecular formula is C22H29ClO3. The van der Waals surface area contributed by atoms with Gasteiger partial charge in [0, 0.05) is 17.3 Å². The molecule has 4 aliphatic rings. The Bertz CT molecular complexity index is 710. The third kappa shape index (κ3) is 2.36. The molecule has 0 heterocycles. The second kappa shape index (κ2) is 6.04. The van der Waals surface area contributed by atoms with Crippen molar-refractivity contribution >= 4 is 23.2 Å². The summed E-state index contributed by atoms with van der Waals surface area (Å²) in [6, 6.07) is 0. The van der Waals surface area contributed by atoms with Gasteiger partial charge in [-0.15, -0.1) is 11.6 Å². The van der Waals surface area contributed by atoms with Gasteiger partial charge in [-0.25, -0.2) is 0 Å². The number of ketones is 2. The molecule has 0 aromatic heterocycles. The van der Waals surface area contributed by atoms with Crippen LogP contribution in [-0.2, 0) is 9.59 Å². The zero-order valence-corrected chi connectivity index (χ0v) is 16.6. The Morgan fingerprint density at radius 1 is 1.38 bits per heavy atom. The Kier molecular flexibility index (Phi) is 4.28. The van der Waals surface area contributed by atoms with Crippen LogP contribution < -0.4 is 0 Å². The van der Waals surface area contributed by atoms with E-state index in [1.807, 2.05) is 6.08 Å². The van der Waals surface area contributed by atoms with Gasteiger partial charge in [-0.3, -0.25) is 9.59 Å². The van der Waals surface area contributed by atoms with Gasteiger partial charge in [-0.2, -0.15) is 0 Å². The Balaban J connectivity index is 1.74. The predicted octanol–water partition coefficient (Wildman–Crippen LogP) is 3.94. The van der Waals surface area contributed by atoms with Crippen molar-refractivity contribution in [3.05, 3.63) is 23.8 Å². The van der Waals surface area contributed by atoms with Crippen molar-refractivity contribution in [3.63, 3.8) is 0 Å². The topological polar surface area (TPSA) is 54.4 Å². The lowest BCUT2D eigenvalue weighted by molar-refractivity contribution is -0.138. The minimum atomic E-state index is -0.455. The van der Waals surface area contributed by atoms with Crippen LogP contribution in [0.15, 0.2) is 23.8 Å². The second-order valence-electron chi connectivity index (χ2n) is 9.59. The van der Waals surface area contributed by atoms with Crippen LogP contribution in [0.1, 0.15) is 46.5 Å². The van der Waals surface area contributed by atoms with Crippen LogP contribution in [0.3, 0.4) is 0 Å². The summed E-state index contributed by atoms with van der Waals surface area (Å²) in [4.78, 5) is 24.5. The molecule has 26 heavy (non-hydrogen) atoms. The van der Waals surface area contributed by atoms with Crippen LogP contribution in [0.4, 0.5) is 0 Å². The van der Waals surface area contributed by atoms with Crippen molar-refractivity contribution in [1.82, 2.24) is 0 Å². The summed E-state index contributed by atoms with van der Waals surface area (Å²) < 4.78 is 0. The van der Waals surface area contributed by atoms with E-state index in [9.17, 15) is 14.7 Å². The minimum absolute atomic E-state index is 0.0474. The van der Waals surface area contributed by atoms with Gasteiger partial charge in [-0.05, 0) is 61.0 Å². The molecule has 3 fully saturated rings. The molecule has 0 saturated heterocycles. The molecule has 4 unspecified atom stereocenters. The van der Waals surface area contributed by atoms with Gasteiger partial charge in [-0.1, -0.05) is 32.4 Å². The molecular weight excluding hydrogens is 348 g/mol. The van der Waals surface area contributed by atoms with Gasteiger partial charge in [0.1, 0.15) is 0 Å². The number of allylic oxidation sites excluding steroid dienone is 4. The highest BCUT2D eigenvalue weighted by atomic mass is 35.5. The molecule has 0 aromatic rings. The molecule has 142 valence electrons. The first-order chi connectivity index (χ1) is 12.2. The minimum Gasteiger partial charge on any atom is -0.393 e. The summed E-state index contributed by atoms with van der Waals surface area (Å²) in [5.41, 5.74) is 0.765. The molecule has 0 amide bonds. The van der Waals surface area contributed by atoms with E-state index >= 15 is 0 Å². The fourth-order valence-electron chi connectivity index (χ4n) is 7.46. The standard InChI is InChI=1S/C22H29ClO3/c1-12-8-16-15-5-4-13-9-14(24)6-7-21(13,2)20(15)17(25)10-22(16,3)19(12)18(26)11-23/h6-7,9,12,15-17,19-20,25H,4-5,8,10-11H2,1-3H3/t12-,15?,16?,17-,19?,20?,21+,22+/m1/s1. The van der Waals surface area contributed by atoms with E-state index in [1.54, 1.807) is 12.2 Å². The zero-order valence-electron chi connectivity index (χ0n) is 15.9. The number of carbonyl (C=O) groups is 2. The fourth-order valence-corrected chi connectivity index (χ4v) is 7.63. The number of Topliss-reactive ketones (excluding diaryl/α,β-unsaturated/α-hetero) is 1. The van der Waals surface area contributed by atoms with Crippen molar-refractivity contribution < 1.29 is 14.7 Å². The fraction of sp³-hybridized carbons (Fsp3) is 0.727. The number of hydrogen-bond donors (Lipinski definition) is 1. The van der Waals surface area contributed by atoms with E-state index in [4.69, 9.17) is 11.6 Å². The molecule has 0 radical (unpaired) electrons. The van der Waals surface area contributed by atoms with Crippen LogP contribution >= 0.6 is 11.6 Å². The molecule has 4 heteroatoms. The Hall–Kier alpha value is -0.930. The average Bonchev–Trinajstić information content (AvgIpc) is 2.84. The van der Waals surface area contributed by atoms with Gasteiger partial charge in [0.05, 0.1) is 12.0 Å². The monoisotopic (exact) mass is 376 g/mol. The van der Waals surface area contributed by atoms with Crippen LogP contribution in [0.2, 0.25) is 0 Å². The van der Waals surface area contributed by atoms with Crippen LogP contribution in [-0.4, -0.2) is 28.7 Å². The third-order valence-corrected chi connectivity index (χ3v) is 8.58. The van der Waals surface area contributed by atoms with E-state index in [0.717, 1.165) is 19.3 Å². The van der Waals surface area contributed by atoms with Crippen molar-refractivity contribution in [2.24, 2.45) is 40.4 Å². The first-order valence-corrected chi connectivity index (χ1v) is 10.5. The van der Waals surface area contributed by atoms with E-state index in [1.165, 1.54) is 5.57 Å². The maximum atomic E-state index is 12.6. The molecule has 4 rings (SSSR count). The molecule has 4 aliphatic carbocycles. The molecule has 3 nitrogen and oxygen atoms in total. The number of rotatable bonds is 2. The maximum Gasteiger partial charge on any atom is 0.178 e. The van der Waals surface area contributed by atoms with Gasteiger partial charge in [0.15, 0.2) is 11.6 Å². The average molecular weight is 377 g/mol. The van der Waals surface area contributed by atoms with Crippen molar-refractivity contribution in [3.8, 4) is 0 Å². The lowest BCUT2D eigenvalue weighted by Crippen LogP contribution is -2.56.